The zero-order chi connectivity index (χ0) is 14.5. The number of aryl methyl sites for hydroxylation is 2. The summed E-state index contributed by atoms with van der Waals surface area (Å²) < 4.78 is 1.90. The second-order valence-electron chi connectivity index (χ2n) is 4.97. The van der Waals surface area contributed by atoms with Crippen LogP contribution in [0.4, 0.5) is 0 Å². The van der Waals surface area contributed by atoms with Gasteiger partial charge in [0, 0.05) is 11.4 Å². The van der Waals surface area contributed by atoms with Crippen molar-refractivity contribution in [2.75, 3.05) is 6.54 Å². The zero-order valence-electron chi connectivity index (χ0n) is 12.2. The second kappa shape index (κ2) is 6.86. The average molecular weight is 290 g/mol. The van der Waals surface area contributed by atoms with Crippen molar-refractivity contribution in [1.29, 1.82) is 0 Å². The Morgan fingerprint density at radius 2 is 1.90 bits per heavy atom. The largest absolute Gasteiger partial charge is 0.330 e. The van der Waals surface area contributed by atoms with Crippen molar-refractivity contribution >= 4 is 11.3 Å². The van der Waals surface area contributed by atoms with Gasteiger partial charge in [0.05, 0.1) is 5.69 Å². The van der Waals surface area contributed by atoms with E-state index in [4.69, 9.17) is 5.73 Å². The van der Waals surface area contributed by atoms with Crippen LogP contribution < -0.4 is 10.6 Å². The molecule has 0 aliphatic carbocycles. The lowest BCUT2D eigenvalue weighted by molar-refractivity contribution is 0.612. The van der Waals surface area contributed by atoms with Crippen LogP contribution in [0.25, 0.3) is 11.3 Å². The SMILES string of the molecule is CCc1ccc(-c2c(C)sc(=O)n2CCCCN)cc1. The van der Waals surface area contributed by atoms with Crippen molar-refractivity contribution in [3.63, 3.8) is 0 Å². The number of thiazole rings is 1. The van der Waals surface area contributed by atoms with Crippen molar-refractivity contribution in [3.05, 3.63) is 44.4 Å². The molecule has 0 aliphatic rings. The van der Waals surface area contributed by atoms with Gasteiger partial charge in [0.2, 0.25) is 0 Å². The van der Waals surface area contributed by atoms with Crippen LogP contribution in [0.15, 0.2) is 29.1 Å². The van der Waals surface area contributed by atoms with E-state index >= 15 is 0 Å². The van der Waals surface area contributed by atoms with E-state index in [1.54, 1.807) is 0 Å². The van der Waals surface area contributed by atoms with E-state index in [9.17, 15) is 4.79 Å². The highest BCUT2D eigenvalue weighted by Crippen LogP contribution is 2.26. The van der Waals surface area contributed by atoms with Crippen LogP contribution in [0.1, 0.15) is 30.2 Å². The van der Waals surface area contributed by atoms with E-state index in [0.29, 0.717) is 6.54 Å². The highest BCUT2D eigenvalue weighted by atomic mass is 32.1. The highest BCUT2D eigenvalue weighted by Gasteiger charge is 2.13. The summed E-state index contributed by atoms with van der Waals surface area (Å²) in [5.41, 5.74) is 9.05. The first-order valence-electron chi connectivity index (χ1n) is 7.17. The number of hydrogen-bond donors (Lipinski definition) is 1. The van der Waals surface area contributed by atoms with Crippen LogP contribution in [0.5, 0.6) is 0 Å². The van der Waals surface area contributed by atoms with Gasteiger partial charge in [-0.15, -0.1) is 0 Å². The third-order valence-corrected chi connectivity index (χ3v) is 4.43. The summed E-state index contributed by atoms with van der Waals surface area (Å²) in [6, 6.07) is 8.52. The van der Waals surface area contributed by atoms with E-state index in [0.717, 1.165) is 41.9 Å². The van der Waals surface area contributed by atoms with Crippen molar-refractivity contribution in [1.82, 2.24) is 4.57 Å². The Kier molecular flexibility index (Phi) is 5.15. The molecule has 1 heterocycles. The van der Waals surface area contributed by atoms with Crippen LogP contribution in [-0.4, -0.2) is 11.1 Å². The Bertz CT molecular complexity index is 610. The topological polar surface area (TPSA) is 48.0 Å². The molecule has 2 aromatic rings. The van der Waals surface area contributed by atoms with E-state index in [-0.39, 0.29) is 4.87 Å². The van der Waals surface area contributed by atoms with E-state index in [2.05, 4.69) is 31.2 Å². The van der Waals surface area contributed by atoms with Crippen molar-refractivity contribution in [2.45, 2.75) is 39.7 Å². The average Bonchev–Trinajstić information content (AvgIpc) is 2.74. The van der Waals surface area contributed by atoms with Gasteiger partial charge in [-0.05, 0) is 43.9 Å². The summed E-state index contributed by atoms with van der Waals surface area (Å²) in [6.45, 7) is 5.60. The molecule has 0 saturated heterocycles. The van der Waals surface area contributed by atoms with Gasteiger partial charge in [0.1, 0.15) is 0 Å². The Morgan fingerprint density at radius 1 is 1.20 bits per heavy atom. The molecule has 0 amide bonds. The van der Waals surface area contributed by atoms with Gasteiger partial charge in [0.15, 0.2) is 0 Å². The predicted octanol–water partition coefficient (Wildman–Crippen LogP) is 3.19. The minimum atomic E-state index is 0.133. The molecule has 108 valence electrons. The fourth-order valence-electron chi connectivity index (χ4n) is 2.39. The molecule has 0 spiro atoms. The Morgan fingerprint density at radius 3 is 2.50 bits per heavy atom. The fraction of sp³-hybridized carbons (Fsp3) is 0.438. The standard InChI is InChI=1S/C16H22N2OS/c1-3-13-6-8-14(9-7-13)15-12(2)20-16(19)18(15)11-5-4-10-17/h6-9H,3-5,10-11,17H2,1-2H3. The Balaban J connectivity index is 2.36. The normalized spacial score (nSPS) is 10.9. The molecule has 4 heteroatoms. The third-order valence-electron chi connectivity index (χ3n) is 3.54. The molecule has 0 saturated carbocycles. The van der Waals surface area contributed by atoms with Gasteiger partial charge in [-0.2, -0.15) is 0 Å². The number of benzene rings is 1. The van der Waals surface area contributed by atoms with Gasteiger partial charge in [-0.1, -0.05) is 42.5 Å². The number of nitrogens with two attached hydrogens (primary N) is 1. The first-order valence-corrected chi connectivity index (χ1v) is 7.98. The van der Waals surface area contributed by atoms with Crippen molar-refractivity contribution in [3.8, 4) is 11.3 Å². The molecular formula is C16H22N2OS. The molecule has 2 N–H and O–H groups in total. The molecule has 3 nitrogen and oxygen atoms in total. The fourth-order valence-corrected chi connectivity index (χ4v) is 3.27. The summed E-state index contributed by atoms with van der Waals surface area (Å²) in [4.78, 5) is 13.3. The third kappa shape index (κ3) is 3.19. The van der Waals surface area contributed by atoms with E-state index in [1.807, 2.05) is 11.5 Å². The molecule has 0 bridgehead atoms. The minimum absolute atomic E-state index is 0.133. The summed E-state index contributed by atoms with van der Waals surface area (Å²) in [7, 11) is 0. The quantitative estimate of drug-likeness (QED) is 0.831. The summed E-state index contributed by atoms with van der Waals surface area (Å²) >= 11 is 1.33. The number of unbranched alkanes of at least 4 members (excludes halogenated alkanes) is 1. The first-order chi connectivity index (χ1) is 9.67. The second-order valence-corrected chi connectivity index (χ2v) is 6.14. The maximum absolute atomic E-state index is 12.1. The monoisotopic (exact) mass is 290 g/mol. The van der Waals surface area contributed by atoms with Gasteiger partial charge in [0.25, 0.3) is 0 Å². The molecule has 1 aromatic heterocycles. The number of nitrogens with zero attached hydrogens (tertiary/aromatic N) is 1. The number of aromatic nitrogens is 1. The molecule has 0 atom stereocenters. The van der Waals surface area contributed by atoms with Gasteiger partial charge < -0.3 is 5.73 Å². The molecule has 1 aromatic carbocycles. The van der Waals surface area contributed by atoms with Crippen LogP contribution in [0.2, 0.25) is 0 Å². The summed E-state index contributed by atoms with van der Waals surface area (Å²) in [5, 5.41) is 0. The minimum Gasteiger partial charge on any atom is -0.330 e. The summed E-state index contributed by atoms with van der Waals surface area (Å²) in [6.07, 6.45) is 2.94. The Labute approximate surface area is 124 Å². The number of hydrogen-bond acceptors (Lipinski definition) is 3. The van der Waals surface area contributed by atoms with E-state index in [1.165, 1.54) is 16.9 Å². The molecule has 0 aliphatic heterocycles. The predicted molar refractivity (Wildman–Crippen MR) is 86.4 cm³/mol. The molecule has 20 heavy (non-hydrogen) atoms. The lowest BCUT2D eigenvalue weighted by Gasteiger charge is -2.09. The van der Waals surface area contributed by atoms with Crippen LogP contribution in [0, 0.1) is 6.92 Å². The number of rotatable bonds is 6. The van der Waals surface area contributed by atoms with Crippen LogP contribution in [0.3, 0.4) is 0 Å². The van der Waals surface area contributed by atoms with Crippen molar-refractivity contribution < 1.29 is 0 Å². The van der Waals surface area contributed by atoms with Gasteiger partial charge in [-0.25, -0.2) is 0 Å². The zero-order valence-corrected chi connectivity index (χ0v) is 13.0. The maximum atomic E-state index is 12.1. The molecule has 0 unspecified atom stereocenters. The lowest BCUT2D eigenvalue weighted by Crippen LogP contribution is -2.15. The van der Waals surface area contributed by atoms with Gasteiger partial charge >= 0.3 is 4.87 Å². The molecule has 0 fully saturated rings. The Hall–Kier alpha value is -1.39. The molecule has 2 rings (SSSR count). The summed E-state index contributed by atoms with van der Waals surface area (Å²) in [5.74, 6) is 0. The maximum Gasteiger partial charge on any atom is 0.307 e. The highest BCUT2D eigenvalue weighted by molar-refractivity contribution is 7.09. The van der Waals surface area contributed by atoms with Crippen LogP contribution in [-0.2, 0) is 13.0 Å². The van der Waals surface area contributed by atoms with Crippen molar-refractivity contribution in [2.24, 2.45) is 5.73 Å². The first kappa shape index (κ1) is 15.0. The smallest absolute Gasteiger partial charge is 0.307 e. The van der Waals surface area contributed by atoms with E-state index < -0.39 is 0 Å². The van der Waals surface area contributed by atoms with Crippen LogP contribution >= 0.6 is 11.3 Å². The molecule has 0 radical (unpaired) electrons. The lowest BCUT2D eigenvalue weighted by atomic mass is 10.1. The van der Waals surface area contributed by atoms with Gasteiger partial charge in [-0.3, -0.25) is 9.36 Å². The molecular weight excluding hydrogens is 268 g/mol.